The van der Waals surface area contributed by atoms with E-state index in [2.05, 4.69) is 20.4 Å². The Kier molecular flexibility index (Phi) is 8.95. The van der Waals surface area contributed by atoms with E-state index in [1.54, 1.807) is 19.2 Å². The van der Waals surface area contributed by atoms with Crippen LogP contribution in [0.1, 0.15) is 38.7 Å². The number of carbonyl (C=O) groups excluding carboxylic acids is 1. The molecule has 162 valence electrons. The number of nitrogens with one attached hydrogen (secondary N) is 2. The van der Waals surface area contributed by atoms with Crippen molar-refractivity contribution in [2.45, 2.75) is 52.3 Å². The van der Waals surface area contributed by atoms with Crippen LogP contribution in [-0.2, 0) is 11.3 Å². The van der Waals surface area contributed by atoms with Gasteiger partial charge in [0.05, 0.1) is 6.61 Å². The number of hydrogen-bond acceptors (Lipinski definition) is 4. The topological polar surface area (TPSA) is 75.2 Å². The van der Waals surface area contributed by atoms with Crippen LogP contribution in [0.4, 0.5) is 8.78 Å². The molecule has 1 saturated heterocycles. The number of benzene rings is 1. The molecule has 1 unspecified atom stereocenters. The standard InChI is InChI=1S/C20H30F2N4O3/c1-4-10-28-16-7-6-14(17(11-16)29-19(21)22)12-24-20(23-3)25-15-8-9-26(13-15)18(27)5-2/h6-7,11,15,19H,4-5,8-10,12-13H2,1-3H3,(H2,23,24,25). The number of amides is 1. The third-order valence-electron chi connectivity index (χ3n) is 4.58. The third kappa shape index (κ3) is 7.07. The summed E-state index contributed by atoms with van der Waals surface area (Å²) in [6.07, 6.45) is 2.14. The minimum absolute atomic E-state index is 0.0668. The van der Waals surface area contributed by atoms with E-state index in [0.29, 0.717) is 43.4 Å². The molecule has 1 heterocycles. The lowest BCUT2D eigenvalue weighted by atomic mass is 10.2. The van der Waals surface area contributed by atoms with E-state index in [4.69, 9.17) is 4.74 Å². The van der Waals surface area contributed by atoms with E-state index < -0.39 is 6.61 Å². The number of aliphatic imine (C=N–C) groups is 1. The van der Waals surface area contributed by atoms with Crippen LogP contribution in [0.2, 0.25) is 0 Å². The summed E-state index contributed by atoms with van der Waals surface area (Å²) >= 11 is 0. The first-order chi connectivity index (χ1) is 14.0. The molecular weight excluding hydrogens is 382 g/mol. The molecule has 1 aromatic carbocycles. The smallest absolute Gasteiger partial charge is 0.387 e. The zero-order chi connectivity index (χ0) is 21.2. The quantitative estimate of drug-likeness (QED) is 0.482. The first kappa shape index (κ1) is 22.7. The van der Waals surface area contributed by atoms with Crippen LogP contribution >= 0.6 is 0 Å². The van der Waals surface area contributed by atoms with E-state index in [1.807, 2.05) is 18.7 Å². The fourth-order valence-electron chi connectivity index (χ4n) is 3.09. The fourth-order valence-corrected chi connectivity index (χ4v) is 3.09. The van der Waals surface area contributed by atoms with Crippen molar-refractivity contribution in [3.8, 4) is 11.5 Å². The number of hydrogen-bond donors (Lipinski definition) is 2. The monoisotopic (exact) mass is 412 g/mol. The average molecular weight is 412 g/mol. The molecule has 1 aromatic rings. The molecule has 1 atom stereocenters. The molecule has 0 aromatic heterocycles. The van der Waals surface area contributed by atoms with E-state index in [9.17, 15) is 13.6 Å². The predicted molar refractivity (Wildman–Crippen MR) is 107 cm³/mol. The van der Waals surface area contributed by atoms with Gasteiger partial charge >= 0.3 is 6.61 Å². The molecule has 0 radical (unpaired) electrons. The molecule has 1 amide bonds. The molecule has 0 aliphatic carbocycles. The molecular formula is C20H30F2N4O3. The summed E-state index contributed by atoms with van der Waals surface area (Å²) in [5.74, 6) is 1.23. The molecule has 2 rings (SSSR count). The van der Waals surface area contributed by atoms with Crippen molar-refractivity contribution in [1.29, 1.82) is 0 Å². The molecule has 1 aliphatic heterocycles. The highest BCUT2D eigenvalue weighted by Crippen LogP contribution is 2.26. The summed E-state index contributed by atoms with van der Waals surface area (Å²) in [6, 6.07) is 4.99. The van der Waals surface area contributed by atoms with Gasteiger partial charge in [0.1, 0.15) is 11.5 Å². The number of likely N-dealkylation sites (tertiary alicyclic amines) is 1. The lowest BCUT2D eigenvalue weighted by molar-refractivity contribution is -0.129. The normalized spacial score (nSPS) is 16.8. The average Bonchev–Trinajstić information content (AvgIpc) is 3.18. The van der Waals surface area contributed by atoms with Crippen molar-refractivity contribution in [3.05, 3.63) is 23.8 Å². The molecule has 0 bridgehead atoms. The summed E-state index contributed by atoms with van der Waals surface area (Å²) in [4.78, 5) is 17.8. The second-order valence-corrected chi connectivity index (χ2v) is 6.75. The lowest BCUT2D eigenvalue weighted by Gasteiger charge is -2.19. The highest BCUT2D eigenvalue weighted by molar-refractivity contribution is 5.80. The number of nitrogens with zero attached hydrogens (tertiary/aromatic N) is 2. The molecule has 1 aliphatic rings. The first-order valence-corrected chi connectivity index (χ1v) is 9.92. The maximum absolute atomic E-state index is 12.8. The minimum atomic E-state index is -2.92. The molecule has 0 saturated carbocycles. The third-order valence-corrected chi connectivity index (χ3v) is 4.58. The van der Waals surface area contributed by atoms with Gasteiger partial charge in [-0.15, -0.1) is 0 Å². The second kappa shape index (κ2) is 11.4. The van der Waals surface area contributed by atoms with Crippen molar-refractivity contribution in [2.75, 3.05) is 26.7 Å². The molecule has 0 spiro atoms. The van der Waals surface area contributed by atoms with Gasteiger partial charge in [-0.2, -0.15) is 8.78 Å². The van der Waals surface area contributed by atoms with Gasteiger partial charge in [-0.25, -0.2) is 0 Å². The van der Waals surface area contributed by atoms with E-state index >= 15 is 0 Å². The molecule has 7 nitrogen and oxygen atoms in total. The Morgan fingerprint density at radius 1 is 1.38 bits per heavy atom. The Balaban J connectivity index is 1.96. The summed E-state index contributed by atoms with van der Waals surface area (Å²) in [5, 5.41) is 6.39. The Hall–Kier alpha value is -2.58. The zero-order valence-corrected chi connectivity index (χ0v) is 17.2. The summed E-state index contributed by atoms with van der Waals surface area (Å²) in [6.45, 7) is 2.98. The van der Waals surface area contributed by atoms with E-state index in [1.165, 1.54) is 6.07 Å². The Morgan fingerprint density at radius 3 is 2.83 bits per heavy atom. The maximum atomic E-state index is 12.8. The summed E-state index contributed by atoms with van der Waals surface area (Å²) in [7, 11) is 1.64. The maximum Gasteiger partial charge on any atom is 0.387 e. The van der Waals surface area contributed by atoms with Crippen LogP contribution in [0.3, 0.4) is 0 Å². The Bertz CT molecular complexity index is 700. The van der Waals surface area contributed by atoms with Gasteiger partial charge in [-0.1, -0.05) is 13.8 Å². The van der Waals surface area contributed by atoms with Crippen LogP contribution in [0.25, 0.3) is 0 Å². The Labute approximate surface area is 170 Å². The van der Waals surface area contributed by atoms with Crippen LogP contribution < -0.4 is 20.1 Å². The van der Waals surface area contributed by atoms with Crippen LogP contribution in [-0.4, -0.2) is 56.2 Å². The van der Waals surface area contributed by atoms with Gasteiger partial charge in [0.2, 0.25) is 5.91 Å². The van der Waals surface area contributed by atoms with Gasteiger partial charge < -0.3 is 25.0 Å². The molecule has 29 heavy (non-hydrogen) atoms. The molecule has 9 heteroatoms. The SMILES string of the molecule is CCCOc1ccc(CNC(=NC)NC2CCN(C(=O)CC)C2)c(OC(F)F)c1. The number of alkyl halides is 2. The van der Waals surface area contributed by atoms with Crippen molar-refractivity contribution in [3.63, 3.8) is 0 Å². The van der Waals surface area contributed by atoms with Crippen molar-refractivity contribution >= 4 is 11.9 Å². The highest BCUT2D eigenvalue weighted by Gasteiger charge is 2.25. The number of rotatable bonds is 9. The van der Waals surface area contributed by atoms with Gasteiger partial charge in [0, 0.05) is 50.8 Å². The summed E-state index contributed by atoms with van der Waals surface area (Å²) < 4.78 is 35.8. The van der Waals surface area contributed by atoms with Gasteiger partial charge in [0.15, 0.2) is 5.96 Å². The lowest BCUT2D eigenvalue weighted by Crippen LogP contribution is -2.44. The van der Waals surface area contributed by atoms with Crippen LogP contribution in [0.15, 0.2) is 23.2 Å². The van der Waals surface area contributed by atoms with Crippen molar-refractivity contribution < 1.29 is 23.0 Å². The van der Waals surface area contributed by atoms with Crippen molar-refractivity contribution in [2.24, 2.45) is 4.99 Å². The van der Waals surface area contributed by atoms with Gasteiger partial charge in [0.25, 0.3) is 0 Å². The minimum Gasteiger partial charge on any atom is -0.493 e. The van der Waals surface area contributed by atoms with E-state index in [0.717, 1.165) is 12.8 Å². The number of halogens is 2. The van der Waals surface area contributed by atoms with Crippen LogP contribution in [0.5, 0.6) is 11.5 Å². The molecule has 2 N–H and O–H groups in total. The number of ether oxygens (including phenoxy) is 2. The van der Waals surface area contributed by atoms with Gasteiger partial charge in [-0.05, 0) is 25.0 Å². The van der Waals surface area contributed by atoms with Crippen molar-refractivity contribution in [1.82, 2.24) is 15.5 Å². The fraction of sp³-hybridized carbons (Fsp3) is 0.600. The van der Waals surface area contributed by atoms with Crippen LogP contribution in [0, 0.1) is 0 Å². The summed E-state index contributed by atoms with van der Waals surface area (Å²) in [5.41, 5.74) is 0.561. The highest BCUT2D eigenvalue weighted by atomic mass is 19.3. The zero-order valence-electron chi connectivity index (χ0n) is 17.2. The first-order valence-electron chi connectivity index (χ1n) is 9.92. The Morgan fingerprint density at radius 2 is 2.17 bits per heavy atom. The largest absolute Gasteiger partial charge is 0.493 e. The van der Waals surface area contributed by atoms with E-state index in [-0.39, 0.29) is 24.2 Å². The second-order valence-electron chi connectivity index (χ2n) is 6.75. The molecule has 1 fully saturated rings. The van der Waals surface area contributed by atoms with Gasteiger partial charge in [-0.3, -0.25) is 9.79 Å². The number of guanidine groups is 1. The predicted octanol–water partition coefficient (Wildman–Crippen LogP) is 2.75. The number of carbonyl (C=O) groups is 1.